The molecule has 0 saturated heterocycles. The number of furan rings is 1. The minimum atomic E-state index is -0.636. The number of fused-ring (bicyclic) bond motifs is 7. The zero-order valence-electron chi connectivity index (χ0n) is 37.8. The fourth-order valence-corrected chi connectivity index (χ4v) is 10.9. The average Bonchev–Trinajstić information content (AvgIpc) is 3.96. The largest absolute Gasteiger partial charge is 0.455 e. The lowest BCUT2D eigenvalue weighted by atomic mass is 9.67. The van der Waals surface area contributed by atoms with Crippen LogP contribution in [0.3, 0.4) is 0 Å². The molecule has 0 N–H and O–H groups in total. The molecule has 69 heavy (non-hydrogen) atoms. The first-order valence-electron chi connectivity index (χ1n) is 23.7. The predicted octanol–water partition coefficient (Wildman–Crippen LogP) is 18.1. The van der Waals surface area contributed by atoms with Crippen LogP contribution < -0.4 is 4.90 Å². The van der Waals surface area contributed by atoms with E-state index in [-0.39, 0.29) is 0 Å². The van der Waals surface area contributed by atoms with Crippen LogP contribution in [0.25, 0.3) is 77.6 Å². The Labute approximate surface area is 402 Å². The lowest BCUT2D eigenvalue weighted by Crippen LogP contribution is -2.28. The van der Waals surface area contributed by atoms with Crippen molar-refractivity contribution in [3.63, 3.8) is 0 Å². The quantitative estimate of drug-likeness (QED) is 0.144. The molecule has 1 heterocycles. The van der Waals surface area contributed by atoms with Crippen molar-refractivity contribution in [2.24, 2.45) is 0 Å². The highest BCUT2D eigenvalue weighted by molar-refractivity contribution is 6.12. The van der Waals surface area contributed by atoms with Gasteiger partial charge in [0.15, 0.2) is 0 Å². The van der Waals surface area contributed by atoms with Crippen molar-refractivity contribution in [1.29, 1.82) is 0 Å². The van der Waals surface area contributed by atoms with Gasteiger partial charge >= 0.3 is 0 Å². The van der Waals surface area contributed by atoms with Crippen LogP contribution in [0.15, 0.2) is 277 Å². The SMILES string of the molecule is c1ccc(-c2cccc(-c3ccc(N(c4ccc(-c5cccc(-c6ccccc6)c5)cc4)c4ccc5c(c4)C(c4ccccc4)(c4ccccc4)c4ccc6c(oc7ccccc76)c4-5)cc3)c2)cc1. The van der Waals surface area contributed by atoms with E-state index in [1.165, 1.54) is 61.2 Å². The second-order valence-electron chi connectivity index (χ2n) is 18.0. The van der Waals surface area contributed by atoms with Gasteiger partial charge in [0, 0.05) is 33.4 Å². The van der Waals surface area contributed by atoms with Gasteiger partial charge in [-0.05, 0) is 127 Å². The lowest BCUT2D eigenvalue weighted by molar-refractivity contribution is 0.669. The van der Waals surface area contributed by atoms with Crippen LogP contribution in [-0.2, 0) is 5.41 Å². The maximum Gasteiger partial charge on any atom is 0.143 e. The summed E-state index contributed by atoms with van der Waals surface area (Å²) in [5.74, 6) is 0. The van der Waals surface area contributed by atoms with Crippen LogP contribution in [0.1, 0.15) is 22.3 Å². The summed E-state index contributed by atoms with van der Waals surface area (Å²) in [4.78, 5) is 2.41. The summed E-state index contributed by atoms with van der Waals surface area (Å²) < 4.78 is 6.88. The van der Waals surface area contributed by atoms with E-state index in [9.17, 15) is 0 Å². The Morgan fingerprint density at radius 3 is 1.25 bits per heavy atom. The van der Waals surface area contributed by atoms with Gasteiger partial charge in [0.05, 0.1) is 5.41 Å². The molecule has 324 valence electrons. The summed E-state index contributed by atoms with van der Waals surface area (Å²) in [6, 6.07) is 99.1. The van der Waals surface area contributed by atoms with Crippen LogP contribution in [0.5, 0.6) is 0 Å². The summed E-state index contributed by atoms with van der Waals surface area (Å²) in [6.45, 7) is 0. The minimum absolute atomic E-state index is 0.636. The van der Waals surface area contributed by atoms with Crippen LogP contribution in [0, 0.1) is 0 Å². The fraction of sp³-hybridized carbons (Fsp3) is 0.0149. The van der Waals surface area contributed by atoms with Crippen molar-refractivity contribution in [3.05, 3.63) is 295 Å². The summed E-state index contributed by atoms with van der Waals surface area (Å²) in [5.41, 5.74) is 21.1. The molecule has 1 aliphatic rings. The number of hydrogen-bond acceptors (Lipinski definition) is 2. The maximum absolute atomic E-state index is 6.88. The number of hydrogen-bond donors (Lipinski definition) is 0. The van der Waals surface area contributed by atoms with Gasteiger partial charge in [-0.3, -0.25) is 0 Å². The van der Waals surface area contributed by atoms with Gasteiger partial charge in [0.2, 0.25) is 0 Å². The normalized spacial score (nSPS) is 12.5. The molecule has 0 atom stereocenters. The minimum Gasteiger partial charge on any atom is -0.455 e. The summed E-state index contributed by atoms with van der Waals surface area (Å²) in [7, 11) is 0. The first-order chi connectivity index (χ1) is 34.2. The molecule has 1 aliphatic carbocycles. The van der Waals surface area contributed by atoms with Crippen molar-refractivity contribution in [1.82, 2.24) is 0 Å². The first kappa shape index (κ1) is 40.3. The first-order valence-corrected chi connectivity index (χ1v) is 23.7. The molecule has 0 saturated carbocycles. The molecule has 0 radical (unpaired) electrons. The number of nitrogens with zero attached hydrogens (tertiary/aromatic N) is 1. The Morgan fingerprint density at radius 1 is 0.290 bits per heavy atom. The highest BCUT2D eigenvalue weighted by Gasteiger charge is 2.47. The Hall–Kier alpha value is -8.98. The van der Waals surface area contributed by atoms with Crippen LogP contribution >= 0.6 is 0 Å². The smallest absolute Gasteiger partial charge is 0.143 e. The topological polar surface area (TPSA) is 16.4 Å². The highest BCUT2D eigenvalue weighted by atomic mass is 16.3. The molecule has 2 nitrogen and oxygen atoms in total. The second kappa shape index (κ2) is 16.7. The highest BCUT2D eigenvalue weighted by Crippen LogP contribution is 2.59. The Balaban J connectivity index is 1.00. The van der Waals surface area contributed by atoms with Gasteiger partial charge in [-0.25, -0.2) is 0 Å². The van der Waals surface area contributed by atoms with E-state index in [0.29, 0.717) is 0 Å². The molecule has 0 spiro atoms. The van der Waals surface area contributed by atoms with Crippen LogP contribution in [-0.4, -0.2) is 0 Å². The third-order valence-corrected chi connectivity index (χ3v) is 14.2. The van der Waals surface area contributed by atoms with Crippen molar-refractivity contribution in [2.75, 3.05) is 4.90 Å². The lowest BCUT2D eigenvalue weighted by Gasteiger charge is -2.35. The second-order valence-corrected chi connectivity index (χ2v) is 18.0. The summed E-state index contributed by atoms with van der Waals surface area (Å²) in [5, 5.41) is 2.25. The summed E-state index contributed by atoms with van der Waals surface area (Å²) in [6.07, 6.45) is 0. The molecule has 0 aliphatic heterocycles. The third kappa shape index (κ3) is 6.80. The number of anilines is 3. The molecule has 11 aromatic carbocycles. The van der Waals surface area contributed by atoms with Crippen molar-refractivity contribution < 1.29 is 4.42 Å². The maximum atomic E-state index is 6.88. The average molecular weight is 880 g/mol. The van der Waals surface area contributed by atoms with E-state index in [4.69, 9.17) is 4.42 Å². The summed E-state index contributed by atoms with van der Waals surface area (Å²) >= 11 is 0. The van der Waals surface area contributed by atoms with E-state index in [0.717, 1.165) is 55.7 Å². The molecule has 0 fully saturated rings. The molecule has 12 aromatic rings. The van der Waals surface area contributed by atoms with Gasteiger partial charge < -0.3 is 9.32 Å². The van der Waals surface area contributed by atoms with Crippen molar-refractivity contribution in [3.8, 4) is 55.6 Å². The fourth-order valence-electron chi connectivity index (χ4n) is 10.9. The number of rotatable bonds is 9. The van der Waals surface area contributed by atoms with Gasteiger partial charge in [0.25, 0.3) is 0 Å². The Bertz CT molecular complexity index is 3630. The molecule has 2 heteroatoms. The van der Waals surface area contributed by atoms with E-state index in [2.05, 4.69) is 278 Å². The van der Waals surface area contributed by atoms with Gasteiger partial charge in [-0.2, -0.15) is 0 Å². The van der Waals surface area contributed by atoms with Crippen LogP contribution in [0.4, 0.5) is 17.1 Å². The van der Waals surface area contributed by atoms with E-state index in [1.807, 2.05) is 0 Å². The standard InChI is InChI=1S/C67H45NO/c1-5-17-46(18-6-1)50-21-15-23-52(43-50)48-31-35-56(36-32-48)68(57-37-33-49(34-38-57)53-24-16-22-51(44-53)47-19-7-2-8-20-47)58-39-40-61-63(45-58)67(54-25-9-3-10-26-54,55-27-11-4-12-28-55)62-42-41-60-59-29-13-14-30-64(59)69-66(60)65(61)62/h1-45H. The van der Waals surface area contributed by atoms with E-state index < -0.39 is 5.41 Å². The Morgan fingerprint density at radius 2 is 0.725 bits per heavy atom. The van der Waals surface area contributed by atoms with Crippen molar-refractivity contribution >= 4 is 39.0 Å². The van der Waals surface area contributed by atoms with Gasteiger partial charge in [-0.15, -0.1) is 0 Å². The molecule has 0 bridgehead atoms. The molecular weight excluding hydrogens is 835 g/mol. The molecule has 1 aromatic heterocycles. The third-order valence-electron chi connectivity index (χ3n) is 14.2. The van der Waals surface area contributed by atoms with Gasteiger partial charge in [-0.1, -0.05) is 218 Å². The van der Waals surface area contributed by atoms with Gasteiger partial charge in [0.1, 0.15) is 11.2 Å². The van der Waals surface area contributed by atoms with Crippen molar-refractivity contribution in [2.45, 2.75) is 5.41 Å². The molecule has 13 rings (SSSR count). The monoisotopic (exact) mass is 879 g/mol. The Kier molecular flexibility index (Phi) is 9.77. The van der Waals surface area contributed by atoms with E-state index >= 15 is 0 Å². The van der Waals surface area contributed by atoms with Crippen LogP contribution in [0.2, 0.25) is 0 Å². The zero-order chi connectivity index (χ0) is 45.7. The number of para-hydroxylation sites is 1. The number of benzene rings is 11. The van der Waals surface area contributed by atoms with E-state index in [1.54, 1.807) is 0 Å². The molecule has 0 amide bonds. The zero-order valence-corrected chi connectivity index (χ0v) is 37.8. The molecule has 0 unspecified atom stereocenters. The predicted molar refractivity (Wildman–Crippen MR) is 287 cm³/mol. The molecular formula is C67H45NO.